The Morgan fingerprint density at radius 1 is 1.16 bits per heavy atom. The molecule has 2 aliphatic rings. The normalized spacial score (nSPS) is 19.2. The molecule has 4 rings (SSSR count). The van der Waals surface area contributed by atoms with Gasteiger partial charge in [-0.3, -0.25) is 9.78 Å². The molecule has 1 unspecified atom stereocenters. The predicted molar refractivity (Wildman–Crippen MR) is 94.8 cm³/mol. The zero-order chi connectivity index (χ0) is 17.1. The van der Waals surface area contributed by atoms with Gasteiger partial charge in [0.15, 0.2) is 6.10 Å². The molecule has 5 heteroatoms. The number of hydrogen-bond acceptors (Lipinski definition) is 4. The summed E-state index contributed by atoms with van der Waals surface area (Å²) in [6.45, 7) is 1.19. The molecular weight excluding hydrogens is 314 g/mol. The Labute approximate surface area is 147 Å². The summed E-state index contributed by atoms with van der Waals surface area (Å²) < 4.78 is 0. The zero-order valence-corrected chi connectivity index (χ0v) is 14.0. The van der Waals surface area contributed by atoms with Crippen LogP contribution in [0.5, 0.6) is 0 Å². The first-order valence-electron chi connectivity index (χ1n) is 8.75. The van der Waals surface area contributed by atoms with Crippen LogP contribution in [0.4, 0.5) is 0 Å². The fourth-order valence-electron chi connectivity index (χ4n) is 3.10. The van der Waals surface area contributed by atoms with E-state index in [0.29, 0.717) is 19.5 Å². The minimum absolute atomic E-state index is 0.0957. The average molecular weight is 335 g/mol. The Kier molecular flexibility index (Phi) is 4.46. The van der Waals surface area contributed by atoms with Crippen LogP contribution in [0.1, 0.15) is 30.4 Å². The summed E-state index contributed by atoms with van der Waals surface area (Å²) in [5.41, 5.74) is 3.02. The van der Waals surface area contributed by atoms with Crippen molar-refractivity contribution in [1.82, 2.24) is 9.88 Å². The molecule has 0 spiro atoms. The van der Waals surface area contributed by atoms with Gasteiger partial charge in [-0.15, -0.1) is 0 Å². The average Bonchev–Trinajstić information content (AvgIpc) is 3.41. The van der Waals surface area contributed by atoms with Gasteiger partial charge in [-0.25, -0.2) is 0 Å². The fraction of sp³-hybridized carbons (Fsp3) is 0.350. The van der Waals surface area contributed by atoms with E-state index in [4.69, 9.17) is 4.84 Å². The molecule has 2 aromatic rings. The molecule has 1 saturated carbocycles. The van der Waals surface area contributed by atoms with Gasteiger partial charge in [0, 0.05) is 36.8 Å². The summed E-state index contributed by atoms with van der Waals surface area (Å²) in [4.78, 5) is 24.3. The molecule has 1 fully saturated rings. The summed E-state index contributed by atoms with van der Waals surface area (Å²) in [6.07, 6.45) is 6.16. The van der Waals surface area contributed by atoms with Crippen LogP contribution in [0.3, 0.4) is 0 Å². The van der Waals surface area contributed by atoms with Gasteiger partial charge in [0.05, 0.1) is 12.3 Å². The molecule has 25 heavy (non-hydrogen) atoms. The van der Waals surface area contributed by atoms with Crippen molar-refractivity contribution in [1.29, 1.82) is 0 Å². The van der Waals surface area contributed by atoms with Crippen molar-refractivity contribution in [2.24, 2.45) is 11.1 Å². The number of oxime groups is 1. The summed E-state index contributed by atoms with van der Waals surface area (Å²) in [6, 6.07) is 14.0. The number of carbonyl (C=O) groups excluding carboxylic acids is 1. The van der Waals surface area contributed by atoms with E-state index in [1.165, 1.54) is 0 Å². The minimum atomic E-state index is -0.0957. The topological polar surface area (TPSA) is 54.8 Å². The Balaban J connectivity index is 1.42. The van der Waals surface area contributed by atoms with Crippen molar-refractivity contribution in [2.75, 3.05) is 6.54 Å². The zero-order valence-electron chi connectivity index (χ0n) is 14.0. The summed E-state index contributed by atoms with van der Waals surface area (Å²) in [5.74, 6) is 0.436. The van der Waals surface area contributed by atoms with Gasteiger partial charge in [0.1, 0.15) is 0 Å². The second-order valence-electron chi connectivity index (χ2n) is 6.69. The van der Waals surface area contributed by atoms with Crippen molar-refractivity contribution in [3.8, 4) is 0 Å². The molecule has 0 radical (unpaired) electrons. The van der Waals surface area contributed by atoms with E-state index in [0.717, 1.165) is 29.7 Å². The summed E-state index contributed by atoms with van der Waals surface area (Å²) >= 11 is 0. The number of benzene rings is 1. The van der Waals surface area contributed by atoms with E-state index in [2.05, 4.69) is 22.3 Å². The van der Waals surface area contributed by atoms with E-state index in [1.54, 1.807) is 12.4 Å². The third-order valence-corrected chi connectivity index (χ3v) is 4.61. The van der Waals surface area contributed by atoms with Crippen molar-refractivity contribution < 1.29 is 9.63 Å². The maximum Gasteiger partial charge on any atom is 0.226 e. The number of pyridine rings is 1. The van der Waals surface area contributed by atoms with Gasteiger partial charge in [0.25, 0.3) is 0 Å². The van der Waals surface area contributed by atoms with E-state index < -0.39 is 0 Å². The third kappa shape index (κ3) is 3.87. The standard InChI is InChI=1S/C20H21N3O2/c24-20(16-8-9-16)23(13-15-5-2-1-3-6-15)14-18-11-19(22-25-18)17-7-4-10-21-12-17/h1-7,10,12,16,18H,8-9,11,13-14H2. The van der Waals surface area contributed by atoms with Gasteiger partial charge in [-0.05, 0) is 30.5 Å². The maximum absolute atomic E-state index is 12.7. The van der Waals surface area contributed by atoms with E-state index in [-0.39, 0.29) is 17.9 Å². The first-order chi connectivity index (χ1) is 12.3. The molecule has 1 amide bonds. The molecule has 2 heterocycles. The van der Waals surface area contributed by atoms with Crippen LogP contribution in [0.15, 0.2) is 60.0 Å². The van der Waals surface area contributed by atoms with Gasteiger partial charge in [-0.2, -0.15) is 0 Å². The number of carbonyl (C=O) groups is 1. The molecule has 1 atom stereocenters. The van der Waals surface area contributed by atoms with Gasteiger partial charge < -0.3 is 9.74 Å². The highest BCUT2D eigenvalue weighted by atomic mass is 16.6. The second-order valence-corrected chi connectivity index (χ2v) is 6.69. The molecule has 5 nitrogen and oxygen atoms in total. The predicted octanol–water partition coefficient (Wildman–Crippen LogP) is 3.01. The molecule has 0 bridgehead atoms. The van der Waals surface area contributed by atoms with Gasteiger partial charge in [0.2, 0.25) is 5.91 Å². The van der Waals surface area contributed by atoms with Crippen LogP contribution >= 0.6 is 0 Å². The van der Waals surface area contributed by atoms with E-state index in [1.807, 2.05) is 35.2 Å². The third-order valence-electron chi connectivity index (χ3n) is 4.61. The molecule has 0 N–H and O–H groups in total. The van der Waals surface area contributed by atoms with Crippen molar-refractivity contribution in [3.05, 3.63) is 66.0 Å². The fourth-order valence-corrected chi connectivity index (χ4v) is 3.10. The highest BCUT2D eigenvalue weighted by Gasteiger charge is 2.35. The molecular formula is C20H21N3O2. The lowest BCUT2D eigenvalue weighted by Crippen LogP contribution is -2.38. The smallest absolute Gasteiger partial charge is 0.226 e. The van der Waals surface area contributed by atoms with Gasteiger partial charge >= 0.3 is 0 Å². The largest absolute Gasteiger partial charge is 0.390 e. The lowest BCUT2D eigenvalue weighted by Gasteiger charge is -2.25. The van der Waals surface area contributed by atoms with Crippen LogP contribution in [0.2, 0.25) is 0 Å². The highest BCUT2D eigenvalue weighted by Crippen LogP contribution is 2.32. The first kappa shape index (κ1) is 15.8. The van der Waals surface area contributed by atoms with Crippen LogP contribution in [-0.4, -0.2) is 34.2 Å². The second kappa shape index (κ2) is 7.05. The van der Waals surface area contributed by atoms with Crippen LogP contribution in [0, 0.1) is 5.92 Å². The van der Waals surface area contributed by atoms with Crippen LogP contribution in [0.25, 0.3) is 0 Å². The monoisotopic (exact) mass is 335 g/mol. The number of aromatic nitrogens is 1. The molecule has 1 aliphatic carbocycles. The number of amides is 1. The number of nitrogens with zero attached hydrogens (tertiary/aromatic N) is 3. The lowest BCUT2D eigenvalue weighted by atomic mass is 10.1. The quantitative estimate of drug-likeness (QED) is 0.815. The van der Waals surface area contributed by atoms with Crippen molar-refractivity contribution in [3.63, 3.8) is 0 Å². The molecule has 1 aromatic carbocycles. The van der Waals surface area contributed by atoms with Crippen LogP contribution in [-0.2, 0) is 16.2 Å². The SMILES string of the molecule is O=C(C1CC1)N(Cc1ccccc1)CC1CC(c2cccnc2)=NO1. The van der Waals surface area contributed by atoms with Gasteiger partial charge in [-0.1, -0.05) is 35.5 Å². The van der Waals surface area contributed by atoms with Crippen molar-refractivity contribution in [2.45, 2.75) is 31.9 Å². The molecule has 1 aliphatic heterocycles. The first-order valence-corrected chi connectivity index (χ1v) is 8.75. The minimum Gasteiger partial charge on any atom is -0.390 e. The molecule has 0 saturated heterocycles. The Morgan fingerprint density at radius 2 is 2.00 bits per heavy atom. The van der Waals surface area contributed by atoms with Crippen molar-refractivity contribution >= 4 is 11.6 Å². The summed E-state index contributed by atoms with van der Waals surface area (Å²) in [5, 5.41) is 4.21. The Hall–Kier alpha value is -2.69. The Morgan fingerprint density at radius 3 is 2.72 bits per heavy atom. The van der Waals surface area contributed by atoms with Crippen LogP contribution < -0.4 is 0 Å². The summed E-state index contributed by atoms with van der Waals surface area (Å²) in [7, 11) is 0. The Bertz CT molecular complexity index is 757. The highest BCUT2D eigenvalue weighted by molar-refractivity contribution is 6.01. The van der Waals surface area contributed by atoms with E-state index in [9.17, 15) is 4.79 Å². The molecule has 1 aromatic heterocycles. The number of rotatable bonds is 6. The number of hydrogen-bond donors (Lipinski definition) is 0. The van der Waals surface area contributed by atoms with E-state index >= 15 is 0 Å². The lowest BCUT2D eigenvalue weighted by molar-refractivity contribution is -0.135. The molecule has 128 valence electrons. The maximum atomic E-state index is 12.7.